The van der Waals surface area contributed by atoms with Crippen LogP contribution in [0.25, 0.3) is 6.08 Å². The van der Waals surface area contributed by atoms with Gasteiger partial charge in [0.05, 0.1) is 30.7 Å². The molecule has 0 saturated heterocycles. The molecule has 0 saturated carbocycles. The fourth-order valence-corrected chi connectivity index (χ4v) is 5.62. The monoisotopic (exact) mass is 594 g/mol. The van der Waals surface area contributed by atoms with Crippen LogP contribution in [-0.4, -0.2) is 18.9 Å². The minimum absolute atomic E-state index is 0.141. The third kappa shape index (κ3) is 10.9. The van der Waals surface area contributed by atoms with Gasteiger partial charge in [0.15, 0.2) is 0 Å². The third-order valence-electron chi connectivity index (χ3n) is 8.35. The second-order valence-corrected chi connectivity index (χ2v) is 12.1. The summed E-state index contributed by atoms with van der Waals surface area (Å²) in [5, 5.41) is 7.34. The van der Waals surface area contributed by atoms with Crippen molar-refractivity contribution >= 4 is 17.5 Å². The van der Waals surface area contributed by atoms with Crippen molar-refractivity contribution in [3.05, 3.63) is 95.6 Å². The Bertz CT molecular complexity index is 1260. The molecule has 1 atom stereocenters. The summed E-state index contributed by atoms with van der Waals surface area (Å²) in [6.07, 6.45) is 19.9. The number of benzene rings is 3. The quantitative estimate of drug-likeness (QED) is 0.122. The van der Waals surface area contributed by atoms with Gasteiger partial charge in [-0.3, -0.25) is 5.01 Å². The molecule has 1 aliphatic rings. The average molecular weight is 595 g/mol. The zero-order valence-corrected chi connectivity index (χ0v) is 27.5. The zero-order chi connectivity index (χ0) is 30.8. The summed E-state index contributed by atoms with van der Waals surface area (Å²) in [5.74, 6) is 1.88. The number of anilines is 1. The maximum absolute atomic E-state index is 5.99. The van der Waals surface area contributed by atoms with E-state index in [-0.39, 0.29) is 6.04 Å². The maximum atomic E-state index is 5.99. The molecule has 0 fully saturated rings. The number of unbranched alkanes of at least 4 members (excludes halogenated alkanes) is 8. The Morgan fingerprint density at radius 2 is 1.20 bits per heavy atom. The fourth-order valence-electron chi connectivity index (χ4n) is 5.62. The first kappa shape index (κ1) is 33.4. The van der Waals surface area contributed by atoms with Gasteiger partial charge in [-0.2, -0.15) is 5.10 Å². The topological polar surface area (TPSA) is 34.1 Å². The highest BCUT2D eigenvalue weighted by Gasteiger charge is 2.28. The summed E-state index contributed by atoms with van der Waals surface area (Å²) < 4.78 is 11.9. The van der Waals surface area contributed by atoms with Crippen LogP contribution in [-0.2, 0) is 6.42 Å². The second kappa shape index (κ2) is 19.0. The second-order valence-electron chi connectivity index (χ2n) is 12.1. The van der Waals surface area contributed by atoms with Crippen LogP contribution in [0.4, 0.5) is 5.69 Å². The molecular weight excluding hydrogens is 540 g/mol. The number of aryl methyl sites for hydroxylation is 1. The molecule has 3 aromatic rings. The minimum atomic E-state index is 0.141. The van der Waals surface area contributed by atoms with E-state index in [1.54, 1.807) is 0 Å². The van der Waals surface area contributed by atoms with Crippen molar-refractivity contribution in [3.63, 3.8) is 0 Å². The van der Waals surface area contributed by atoms with Gasteiger partial charge >= 0.3 is 0 Å². The highest BCUT2D eigenvalue weighted by Crippen LogP contribution is 2.36. The van der Waals surface area contributed by atoms with Gasteiger partial charge in [0.1, 0.15) is 11.5 Å². The molecule has 4 rings (SSSR count). The Balaban J connectivity index is 1.44. The first-order valence-electron chi connectivity index (χ1n) is 17.3. The molecule has 0 bridgehead atoms. The van der Waals surface area contributed by atoms with E-state index in [4.69, 9.17) is 14.6 Å². The summed E-state index contributed by atoms with van der Waals surface area (Å²) in [6.45, 7) is 8.26. The van der Waals surface area contributed by atoms with Gasteiger partial charge in [-0.15, -0.1) is 0 Å². The van der Waals surface area contributed by atoms with Crippen LogP contribution in [0.5, 0.6) is 11.5 Å². The average Bonchev–Trinajstić information content (AvgIpc) is 3.49. The van der Waals surface area contributed by atoms with Crippen LogP contribution in [0.15, 0.2) is 84.0 Å². The van der Waals surface area contributed by atoms with E-state index < -0.39 is 0 Å². The predicted octanol–water partition coefficient (Wildman–Crippen LogP) is 11.4. The summed E-state index contributed by atoms with van der Waals surface area (Å²) in [5.41, 5.74) is 6.03. The van der Waals surface area contributed by atoms with Gasteiger partial charge in [-0.1, -0.05) is 115 Å². The van der Waals surface area contributed by atoms with Gasteiger partial charge in [0.25, 0.3) is 0 Å². The molecule has 0 radical (unpaired) electrons. The molecule has 0 N–H and O–H groups in total. The minimum Gasteiger partial charge on any atom is -0.494 e. The van der Waals surface area contributed by atoms with E-state index in [2.05, 4.69) is 111 Å². The highest BCUT2D eigenvalue weighted by molar-refractivity contribution is 6.01. The molecule has 236 valence electrons. The number of hydrogen-bond acceptors (Lipinski definition) is 4. The molecule has 0 aliphatic carbocycles. The van der Waals surface area contributed by atoms with Crippen LogP contribution in [0.3, 0.4) is 0 Å². The summed E-state index contributed by atoms with van der Waals surface area (Å²) >= 11 is 0. The van der Waals surface area contributed by atoms with Crippen molar-refractivity contribution in [2.24, 2.45) is 5.10 Å². The van der Waals surface area contributed by atoms with Gasteiger partial charge in [0.2, 0.25) is 0 Å². The smallest absolute Gasteiger partial charge is 0.119 e. The number of rotatable bonds is 20. The Morgan fingerprint density at radius 1 is 0.636 bits per heavy atom. The van der Waals surface area contributed by atoms with Crippen LogP contribution < -0.4 is 14.5 Å². The molecular formula is C40H54N2O2. The number of hydrazone groups is 1. The summed E-state index contributed by atoms with van der Waals surface area (Å²) in [6, 6.07) is 26.2. The Hall–Kier alpha value is -3.53. The maximum Gasteiger partial charge on any atom is 0.119 e. The molecule has 44 heavy (non-hydrogen) atoms. The molecule has 0 spiro atoms. The summed E-state index contributed by atoms with van der Waals surface area (Å²) in [7, 11) is 0. The lowest BCUT2D eigenvalue weighted by Crippen LogP contribution is -2.18. The van der Waals surface area contributed by atoms with Crippen molar-refractivity contribution in [2.45, 2.75) is 110 Å². The van der Waals surface area contributed by atoms with Gasteiger partial charge in [0, 0.05) is 6.42 Å². The highest BCUT2D eigenvalue weighted by atomic mass is 16.5. The standard InChI is InChI=1S/C40H54N2O2/c1-4-7-10-11-12-15-33-17-24-37(25-18-33)42-40(35-21-28-39(29-22-35)44-31-14-9-6-3)32-36(41-42)23-16-34-19-26-38(27-20-34)43-30-13-8-5-2/h16-29,40H,4-15,30-32H2,1-3H3. The van der Waals surface area contributed by atoms with E-state index >= 15 is 0 Å². The van der Waals surface area contributed by atoms with E-state index in [9.17, 15) is 0 Å². The molecule has 3 aromatic carbocycles. The SMILES string of the molecule is CCCCCCCc1ccc(N2N=C(C=Cc3ccc(OCCCCC)cc3)CC2c2ccc(OCCCCC)cc2)cc1. The number of ether oxygens (including phenoxy) is 2. The molecule has 1 heterocycles. The van der Waals surface area contributed by atoms with Crippen LogP contribution in [0.1, 0.15) is 121 Å². The third-order valence-corrected chi connectivity index (χ3v) is 8.35. The lowest BCUT2D eigenvalue weighted by molar-refractivity contribution is 0.306. The Kier molecular flexibility index (Phi) is 14.4. The number of nitrogens with zero attached hydrogens (tertiary/aromatic N) is 2. The predicted molar refractivity (Wildman–Crippen MR) is 188 cm³/mol. The largest absolute Gasteiger partial charge is 0.494 e. The van der Waals surface area contributed by atoms with E-state index in [0.717, 1.165) is 67.4 Å². The lowest BCUT2D eigenvalue weighted by Gasteiger charge is -2.24. The summed E-state index contributed by atoms with van der Waals surface area (Å²) in [4.78, 5) is 0. The van der Waals surface area contributed by atoms with Crippen LogP contribution in [0.2, 0.25) is 0 Å². The Labute approximate surface area is 267 Å². The van der Waals surface area contributed by atoms with Gasteiger partial charge < -0.3 is 9.47 Å². The molecule has 0 aromatic heterocycles. The lowest BCUT2D eigenvalue weighted by atomic mass is 10.00. The van der Waals surface area contributed by atoms with Crippen molar-refractivity contribution in [1.82, 2.24) is 0 Å². The molecule has 4 heteroatoms. The van der Waals surface area contributed by atoms with E-state index in [1.165, 1.54) is 68.9 Å². The molecule has 1 unspecified atom stereocenters. The molecule has 4 nitrogen and oxygen atoms in total. The van der Waals surface area contributed by atoms with Gasteiger partial charge in [-0.05, 0) is 84.8 Å². The van der Waals surface area contributed by atoms with Gasteiger partial charge in [-0.25, -0.2) is 0 Å². The fraction of sp³-hybridized carbons (Fsp3) is 0.475. The number of hydrogen-bond donors (Lipinski definition) is 0. The zero-order valence-electron chi connectivity index (χ0n) is 27.5. The van der Waals surface area contributed by atoms with Crippen molar-refractivity contribution < 1.29 is 9.47 Å². The first-order valence-corrected chi connectivity index (χ1v) is 17.3. The van der Waals surface area contributed by atoms with Crippen molar-refractivity contribution in [2.75, 3.05) is 18.2 Å². The van der Waals surface area contributed by atoms with E-state index in [1.807, 2.05) is 0 Å². The Morgan fingerprint density at radius 3 is 1.82 bits per heavy atom. The number of allylic oxidation sites excluding steroid dienone is 1. The van der Waals surface area contributed by atoms with Crippen molar-refractivity contribution in [1.29, 1.82) is 0 Å². The van der Waals surface area contributed by atoms with Crippen molar-refractivity contribution in [3.8, 4) is 11.5 Å². The normalized spacial score (nSPS) is 14.8. The van der Waals surface area contributed by atoms with Crippen LogP contribution in [0, 0.1) is 0 Å². The molecule has 0 amide bonds. The molecule has 1 aliphatic heterocycles. The first-order chi connectivity index (χ1) is 21.7. The van der Waals surface area contributed by atoms with E-state index in [0.29, 0.717) is 0 Å². The van der Waals surface area contributed by atoms with Crippen LogP contribution >= 0.6 is 0 Å².